The second-order valence-electron chi connectivity index (χ2n) is 7.92. The lowest BCUT2D eigenvalue weighted by molar-refractivity contribution is -0.121. The number of hydrazine groups is 1. The molecule has 3 unspecified atom stereocenters. The number of nitrogens with zero attached hydrogens (tertiary/aromatic N) is 2. The van der Waals surface area contributed by atoms with Crippen molar-refractivity contribution in [2.75, 3.05) is 0 Å². The highest BCUT2D eigenvalue weighted by molar-refractivity contribution is 6.01. The van der Waals surface area contributed by atoms with Crippen LogP contribution in [0.1, 0.15) is 53.4 Å². The van der Waals surface area contributed by atoms with Crippen molar-refractivity contribution in [2.24, 2.45) is 15.4 Å². The van der Waals surface area contributed by atoms with E-state index in [1.54, 1.807) is 13.0 Å². The molecule has 138 valence electrons. The molecular formula is C16H26N6O3. The lowest BCUT2D eigenvalue weighted by Crippen LogP contribution is -2.61. The van der Waals surface area contributed by atoms with Gasteiger partial charge in [-0.25, -0.2) is 25.0 Å². The molecule has 0 aromatic heterocycles. The molecule has 0 saturated heterocycles. The van der Waals surface area contributed by atoms with Crippen molar-refractivity contribution in [2.45, 2.75) is 71.2 Å². The summed E-state index contributed by atoms with van der Waals surface area (Å²) in [6, 6.07) is -0.628. The van der Waals surface area contributed by atoms with Gasteiger partial charge >= 0.3 is 6.03 Å². The Labute approximate surface area is 147 Å². The zero-order valence-corrected chi connectivity index (χ0v) is 15.1. The summed E-state index contributed by atoms with van der Waals surface area (Å²) in [5, 5.41) is 5.15. The molecule has 1 saturated carbocycles. The SMILES string of the molecule is CC1=NC(NC(=O)NNC2(C)CC(N=C=O)CC(C)(C)C2)NC(=O)C1. The molecule has 0 aromatic carbocycles. The molecule has 0 radical (unpaired) electrons. The van der Waals surface area contributed by atoms with Gasteiger partial charge in [-0.05, 0) is 38.5 Å². The number of urea groups is 1. The van der Waals surface area contributed by atoms with E-state index >= 15 is 0 Å². The first-order valence-electron chi connectivity index (χ1n) is 8.34. The zero-order valence-electron chi connectivity index (χ0n) is 15.1. The van der Waals surface area contributed by atoms with Crippen LogP contribution >= 0.6 is 0 Å². The second kappa shape index (κ2) is 7.33. The van der Waals surface area contributed by atoms with Crippen LogP contribution in [0.25, 0.3) is 0 Å². The van der Waals surface area contributed by atoms with Crippen molar-refractivity contribution in [3.63, 3.8) is 0 Å². The Morgan fingerprint density at radius 2 is 2.08 bits per heavy atom. The molecule has 4 N–H and O–H groups in total. The van der Waals surface area contributed by atoms with Gasteiger partial charge in [0.2, 0.25) is 12.0 Å². The first kappa shape index (κ1) is 19.1. The van der Waals surface area contributed by atoms with Crippen LogP contribution in [0.2, 0.25) is 0 Å². The summed E-state index contributed by atoms with van der Waals surface area (Å²) in [5.74, 6) is -0.179. The van der Waals surface area contributed by atoms with Crippen LogP contribution in [-0.2, 0) is 9.59 Å². The normalized spacial score (nSPS) is 31.2. The number of carbonyl (C=O) groups excluding carboxylic acids is 3. The van der Waals surface area contributed by atoms with Crippen molar-refractivity contribution in [3.05, 3.63) is 0 Å². The van der Waals surface area contributed by atoms with Crippen LogP contribution in [0.5, 0.6) is 0 Å². The van der Waals surface area contributed by atoms with Gasteiger partial charge in [-0.1, -0.05) is 13.8 Å². The minimum absolute atomic E-state index is 0.0259. The van der Waals surface area contributed by atoms with Gasteiger partial charge in [-0.2, -0.15) is 0 Å². The lowest BCUT2D eigenvalue weighted by atomic mass is 9.67. The van der Waals surface area contributed by atoms with E-state index in [0.717, 1.165) is 12.8 Å². The standard InChI is InChI=1S/C16H26N6O3/c1-10-5-12(24)19-13(18-10)20-14(25)21-22-16(4)7-11(17-9-23)6-15(2,3)8-16/h11,13,22H,5-8H2,1-4H3,(H,19,24)(H2,20,21,25). The maximum absolute atomic E-state index is 12.1. The third-order valence-corrected chi connectivity index (χ3v) is 4.39. The van der Waals surface area contributed by atoms with Crippen molar-refractivity contribution >= 4 is 23.7 Å². The van der Waals surface area contributed by atoms with E-state index in [1.165, 1.54) is 0 Å². The molecule has 1 aliphatic carbocycles. The summed E-state index contributed by atoms with van der Waals surface area (Å²) in [5.41, 5.74) is 5.87. The van der Waals surface area contributed by atoms with Crippen molar-refractivity contribution < 1.29 is 14.4 Å². The average Bonchev–Trinajstić information content (AvgIpc) is 2.42. The molecule has 3 atom stereocenters. The number of isocyanates is 1. The van der Waals surface area contributed by atoms with Crippen LogP contribution < -0.4 is 21.5 Å². The minimum Gasteiger partial charge on any atom is -0.317 e. The Hall–Kier alpha value is -2.25. The molecule has 0 spiro atoms. The third-order valence-electron chi connectivity index (χ3n) is 4.39. The predicted octanol–water partition coefficient (Wildman–Crippen LogP) is 0.728. The molecule has 0 bridgehead atoms. The van der Waals surface area contributed by atoms with Gasteiger partial charge in [0.1, 0.15) is 0 Å². The molecule has 2 rings (SSSR count). The fraction of sp³-hybridized carbons (Fsp3) is 0.750. The van der Waals surface area contributed by atoms with Crippen LogP contribution in [0.3, 0.4) is 0 Å². The molecule has 3 amide bonds. The molecule has 2 aliphatic rings. The number of hydrogen-bond donors (Lipinski definition) is 4. The summed E-state index contributed by atoms with van der Waals surface area (Å²) < 4.78 is 0. The van der Waals surface area contributed by atoms with Crippen molar-refractivity contribution in [1.29, 1.82) is 0 Å². The first-order chi connectivity index (χ1) is 11.6. The highest BCUT2D eigenvalue weighted by atomic mass is 16.2. The van der Waals surface area contributed by atoms with Crippen LogP contribution in [0.15, 0.2) is 9.98 Å². The minimum atomic E-state index is -0.772. The van der Waals surface area contributed by atoms with E-state index in [4.69, 9.17) is 0 Å². The number of amides is 3. The maximum Gasteiger partial charge on any atom is 0.332 e. The van der Waals surface area contributed by atoms with Crippen LogP contribution in [0.4, 0.5) is 4.79 Å². The van der Waals surface area contributed by atoms with E-state index in [9.17, 15) is 14.4 Å². The van der Waals surface area contributed by atoms with Gasteiger partial charge in [-0.15, -0.1) is 0 Å². The average molecular weight is 350 g/mol. The topological polar surface area (TPSA) is 124 Å². The molecule has 1 heterocycles. The predicted molar refractivity (Wildman–Crippen MR) is 92.4 cm³/mol. The lowest BCUT2D eigenvalue weighted by Gasteiger charge is -2.45. The number of aliphatic imine (C=N–C) groups is 2. The molecule has 9 heteroatoms. The largest absolute Gasteiger partial charge is 0.332 e. The summed E-state index contributed by atoms with van der Waals surface area (Å²) >= 11 is 0. The van der Waals surface area contributed by atoms with Gasteiger partial charge in [0.25, 0.3) is 0 Å². The third kappa shape index (κ3) is 5.65. The zero-order chi connectivity index (χ0) is 18.7. The van der Waals surface area contributed by atoms with Crippen molar-refractivity contribution in [3.8, 4) is 0 Å². The molecule has 0 aromatic rings. The quantitative estimate of drug-likeness (QED) is 0.339. The van der Waals surface area contributed by atoms with E-state index in [0.29, 0.717) is 12.1 Å². The van der Waals surface area contributed by atoms with E-state index in [-0.39, 0.29) is 23.8 Å². The van der Waals surface area contributed by atoms with Crippen LogP contribution in [-0.4, -0.2) is 41.6 Å². The smallest absolute Gasteiger partial charge is 0.317 e. The molecule has 1 aliphatic heterocycles. The fourth-order valence-corrected chi connectivity index (χ4v) is 3.86. The van der Waals surface area contributed by atoms with Gasteiger partial charge in [0.05, 0.1) is 12.5 Å². The monoisotopic (exact) mass is 350 g/mol. The Morgan fingerprint density at radius 1 is 1.36 bits per heavy atom. The Balaban J connectivity index is 1.92. The summed E-state index contributed by atoms with van der Waals surface area (Å²) in [6.45, 7) is 7.93. The molecule has 9 nitrogen and oxygen atoms in total. The van der Waals surface area contributed by atoms with Gasteiger partial charge in [-0.3, -0.25) is 15.5 Å². The Morgan fingerprint density at radius 3 is 2.72 bits per heavy atom. The number of carbonyl (C=O) groups is 2. The molecular weight excluding hydrogens is 324 g/mol. The summed E-state index contributed by atoms with van der Waals surface area (Å²) in [6.07, 6.45) is 3.32. The van der Waals surface area contributed by atoms with Gasteiger partial charge in [0.15, 0.2) is 6.29 Å². The summed E-state index contributed by atoms with van der Waals surface area (Å²) in [7, 11) is 0. The van der Waals surface area contributed by atoms with E-state index < -0.39 is 17.9 Å². The Bertz CT molecular complexity index is 625. The van der Waals surface area contributed by atoms with Crippen LogP contribution in [0, 0.1) is 5.41 Å². The van der Waals surface area contributed by atoms with Gasteiger partial charge in [0, 0.05) is 11.3 Å². The number of rotatable bonds is 4. The van der Waals surface area contributed by atoms with E-state index in [2.05, 4.69) is 45.3 Å². The van der Waals surface area contributed by atoms with Gasteiger partial charge < -0.3 is 5.32 Å². The van der Waals surface area contributed by atoms with Crippen molar-refractivity contribution in [1.82, 2.24) is 21.5 Å². The number of nitrogens with one attached hydrogen (secondary N) is 4. The number of hydrogen-bond acceptors (Lipinski definition) is 6. The highest BCUT2D eigenvalue weighted by Gasteiger charge is 2.41. The fourth-order valence-electron chi connectivity index (χ4n) is 3.86. The Kier molecular flexibility index (Phi) is 5.59. The first-order valence-corrected chi connectivity index (χ1v) is 8.34. The van der Waals surface area contributed by atoms with E-state index in [1.807, 2.05) is 6.92 Å². The highest BCUT2D eigenvalue weighted by Crippen LogP contribution is 2.41. The molecule has 25 heavy (non-hydrogen) atoms. The maximum atomic E-state index is 12.1. The second-order valence-corrected chi connectivity index (χ2v) is 7.92. The summed E-state index contributed by atoms with van der Waals surface area (Å²) in [4.78, 5) is 42.2. The molecule has 1 fully saturated rings.